The van der Waals surface area contributed by atoms with Gasteiger partial charge in [0.2, 0.25) is 0 Å². The molecule has 0 saturated heterocycles. The summed E-state index contributed by atoms with van der Waals surface area (Å²) in [6.07, 6.45) is 0.298. The predicted octanol–water partition coefficient (Wildman–Crippen LogP) is 3.72. The fourth-order valence-electron chi connectivity index (χ4n) is 2.49. The summed E-state index contributed by atoms with van der Waals surface area (Å²) in [6, 6.07) is 12.0. The van der Waals surface area contributed by atoms with Crippen molar-refractivity contribution in [2.75, 3.05) is 13.2 Å². The van der Waals surface area contributed by atoms with Gasteiger partial charge in [-0.25, -0.2) is 9.59 Å². The van der Waals surface area contributed by atoms with Gasteiger partial charge in [-0.3, -0.25) is 9.59 Å². The van der Waals surface area contributed by atoms with Crippen LogP contribution in [0.2, 0.25) is 0 Å². The van der Waals surface area contributed by atoms with Crippen LogP contribution in [-0.4, -0.2) is 37.1 Å². The van der Waals surface area contributed by atoms with Crippen LogP contribution < -0.4 is 9.47 Å². The van der Waals surface area contributed by atoms with Gasteiger partial charge in [0, 0.05) is 12.8 Å². The van der Waals surface area contributed by atoms with Gasteiger partial charge in [-0.15, -0.1) is 0 Å². The Hall–Kier alpha value is -3.68. The largest absolute Gasteiger partial charge is 0.462 e. The van der Waals surface area contributed by atoms with Gasteiger partial charge in [0.1, 0.15) is 11.5 Å². The molecule has 31 heavy (non-hydrogen) atoms. The molecule has 0 atom stereocenters. The smallest absolute Gasteiger partial charge is 0.338 e. The Kier molecular flexibility index (Phi) is 9.22. The Morgan fingerprint density at radius 3 is 1.29 bits per heavy atom. The molecule has 0 saturated carbocycles. The van der Waals surface area contributed by atoms with E-state index in [4.69, 9.17) is 18.9 Å². The minimum absolute atomic E-state index is 0.0243. The summed E-state index contributed by atoms with van der Waals surface area (Å²) in [5.74, 6) is -1.32. The van der Waals surface area contributed by atoms with Crippen LogP contribution in [0.5, 0.6) is 11.5 Å². The molecule has 0 aliphatic carbocycles. The van der Waals surface area contributed by atoms with Crippen LogP contribution in [0.15, 0.2) is 48.5 Å². The summed E-state index contributed by atoms with van der Waals surface area (Å²) in [5.41, 5.74) is 0.722. The van der Waals surface area contributed by atoms with Crippen molar-refractivity contribution in [1.82, 2.24) is 0 Å². The second kappa shape index (κ2) is 12.1. The molecule has 0 fully saturated rings. The highest BCUT2D eigenvalue weighted by Crippen LogP contribution is 2.16. The third-order valence-electron chi connectivity index (χ3n) is 3.96. The average molecular weight is 428 g/mol. The van der Waals surface area contributed by atoms with Crippen molar-refractivity contribution in [2.45, 2.75) is 33.1 Å². The molecule has 0 N–H and O–H groups in total. The van der Waals surface area contributed by atoms with Crippen molar-refractivity contribution in [3.05, 3.63) is 59.7 Å². The number of hydrogen-bond acceptors (Lipinski definition) is 8. The molecular formula is C23H24O8. The molecule has 2 aromatic carbocycles. The summed E-state index contributed by atoms with van der Waals surface area (Å²) in [5, 5.41) is 0. The van der Waals surface area contributed by atoms with Crippen LogP contribution in [0.1, 0.15) is 53.8 Å². The number of carbonyl (C=O) groups is 4. The van der Waals surface area contributed by atoms with E-state index in [2.05, 4.69) is 0 Å². The second-order valence-electron chi connectivity index (χ2n) is 6.29. The molecule has 0 spiro atoms. The highest BCUT2D eigenvalue weighted by atomic mass is 16.5. The Labute approximate surface area is 180 Å². The summed E-state index contributed by atoms with van der Waals surface area (Å²) in [4.78, 5) is 47.0. The predicted molar refractivity (Wildman–Crippen MR) is 110 cm³/mol. The standard InChI is InChI=1S/C23H24O8/c1-3-28-22(26)16-8-12-18(13-9-16)30-20(24)6-5-7-21(25)31-19-14-10-17(11-15-19)23(27)29-4-2/h8-15H,3-7H2,1-2H3. The minimum Gasteiger partial charge on any atom is -0.462 e. The van der Waals surface area contributed by atoms with E-state index >= 15 is 0 Å². The lowest BCUT2D eigenvalue weighted by molar-refractivity contribution is -0.136. The third-order valence-corrected chi connectivity index (χ3v) is 3.96. The molecule has 0 aliphatic rings. The molecule has 0 amide bonds. The molecule has 0 aromatic heterocycles. The number of hydrogen-bond donors (Lipinski definition) is 0. The van der Waals surface area contributed by atoms with Crippen LogP contribution in [0.25, 0.3) is 0 Å². The van der Waals surface area contributed by atoms with Gasteiger partial charge in [-0.2, -0.15) is 0 Å². The van der Waals surface area contributed by atoms with Crippen molar-refractivity contribution in [1.29, 1.82) is 0 Å². The Balaban J connectivity index is 1.72. The number of esters is 4. The van der Waals surface area contributed by atoms with E-state index in [1.165, 1.54) is 48.5 Å². The maximum atomic E-state index is 11.9. The number of carbonyl (C=O) groups excluding carboxylic acids is 4. The number of benzene rings is 2. The van der Waals surface area contributed by atoms with Crippen LogP contribution in [0.4, 0.5) is 0 Å². The molecule has 164 valence electrons. The lowest BCUT2D eigenvalue weighted by atomic mass is 10.2. The first kappa shape index (κ1) is 23.6. The van der Waals surface area contributed by atoms with Crippen molar-refractivity contribution < 1.29 is 38.1 Å². The van der Waals surface area contributed by atoms with Gasteiger partial charge in [-0.05, 0) is 68.8 Å². The summed E-state index contributed by atoms with van der Waals surface area (Å²) in [6.45, 7) is 3.98. The molecular weight excluding hydrogens is 404 g/mol. The van der Waals surface area contributed by atoms with Crippen molar-refractivity contribution in [3.8, 4) is 11.5 Å². The minimum atomic E-state index is -0.504. The molecule has 0 unspecified atom stereocenters. The Morgan fingerprint density at radius 2 is 0.968 bits per heavy atom. The molecule has 2 aromatic rings. The Bertz CT molecular complexity index is 825. The second-order valence-corrected chi connectivity index (χ2v) is 6.29. The van der Waals surface area contributed by atoms with Gasteiger partial charge in [0.15, 0.2) is 0 Å². The van der Waals surface area contributed by atoms with Gasteiger partial charge < -0.3 is 18.9 Å². The summed E-state index contributed by atoms with van der Waals surface area (Å²) >= 11 is 0. The van der Waals surface area contributed by atoms with E-state index in [9.17, 15) is 19.2 Å². The molecule has 0 bridgehead atoms. The third kappa shape index (κ3) is 7.93. The van der Waals surface area contributed by atoms with Crippen LogP contribution in [0.3, 0.4) is 0 Å². The van der Waals surface area contributed by atoms with Crippen LogP contribution in [-0.2, 0) is 19.1 Å². The molecule has 0 radical (unpaired) electrons. The van der Waals surface area contributed by atoms with E-state index in [1.807, 2.05) is 0 Å². The molecule has 2 rings (SSSR count). The van der Waals surface area contributed by atoms with Gasteiger partial charge >= 0.3 is 23.9 Å². The van der Waals surface area contributed by atoms with Crippen LogP contribution >= 0.6 is 0 Å². The van der Waals surface area contributed by atoms with E-state index in [-0.39, 0.29) is 32.5 Å². The van der Waals surface area contributed by atoms with E-state index in [0.29, 0.717) is 22.6 Å². The van der Waals surface area contributed by atoms with Crippen molar-refractivity contribution in [3.63, 3.8) is 0 Å². The van der Waals surface area contributed by atoms with Crippen molar-refractivity contribution >= 4 is 23.9 Å². The lowest BCUT2D eigenvalue weighted by Gasteiger charge is -2.07. The highest BCUT2D eigenvalue weighted by molar-refractivity contribution is 5.90. The molecule has 8 nitrogen and oxygen atoms in total. The highest BCUT2D eigenvalue weighted by Gasteiger charge is 2.12. The molecule has 0 heterocycles. The van der Waals surface area contributed by atoms with E-state index in [1.54, 1.807) is 13.8 Å². The first-order chi connectivity index (χ1) is 14.9. The lowest BCUT2D eigenvalue weighted by Crippen LogP contribution is -2.12. The van der Waals surface area contributed by atoms with Gasteiger partial charge in [0.25, 0.3) is 0 Å². The van der Waals surface area contributed by atoms with E-state index < -0.39 is 23.9 Å². The quantitative estimate of drug-likeness (QED) is 0.416. The topological polar surface area (TPSA) is 105 Å². The zero-order valence-corrected chi connectivity index (χ0v) is 17.4. The van der Waals surface area contributed by atoms with Gasteiger partial charge in [0.05, 0.1) is 24.3 Å². The normalized spacial score (nSPS) is 10.1. The maximum absolute atomic E-state index is 11.9. The fraction of sp³-hybridized carbons (Fsp3) is 0.304. The van der Waals surface area contributed by atoms with E-state index in [0.717, 1.165) is 0 Å². The van der Waals surface area contributed by atoms with Gasteiger partial charge in [-0.1, -0.05) is 0 Å². The Morgan fingerprint density at radius 1 is 0.613 bits per heavy atom. The maximum Gasteiger partial charge on any atom is 0.338 e. The zero-order chi connectivity index (χ0) is 22.6. The zero-order valence-electron chi connectivity index (χ0n) is 17.4. The molecule has 8 heteroatoms. The summed E-state index contributed by atoms with van der Waals surface area (Å²) in [7, 11) is 0. The fourth-order valence-corrected chi connectivity index (χ4v) is 2.49. The first-order valence-corrected chi connectivity index (χ1v) is 9.88. The number of rotatable bonds is 10. The average Bonchev–Trinajstić information content (AvgIpc) is 2.75. The molecule has 0 aliphatic heterocycles. The summed E-state index contributed by atoms with van der Waals surface area (Å²) < 4.78 is 20.1. The number of ether oxygens (including phenoxy) is 4. The van der Waals surface area contributed by atoms with Crippen molar-refractivity contribution in [2.24, 2.45) is 0 Å². The SMILES string of the molecule is CCOC(=O)c1ccc(OC(=O)CCCC(=O)Oc2ccc(C(=O)OCC)cc2)cc1. The first-order valence-electron chi connectivity index (χ1n) is 9.88. The monoisotopic (exact) mass is 428 g/mol. The van der Waals surface area contributed by atoms with Crippen LogP contribution in [0, 0.1) is 0 Å².